The van der Waals surface area contributed by atoms with Crippen LogP contribution in [-0.2, 0) is 0 Å². The highest BCUT2D eigenvalue weighted by molar-refractivity contribution is 9.10. The van der Waals surface area contributed by atoms with Crippen LogP contribution in [0.5, 0.6) is 0 Å². The van der Waals surface area contributed by atoms with E-state index in [0.717, 1.165) is 0 Å². The Bertz CT molecular complexity index is 543. The van der Waals surface area contributed by atoms with Crippen LogP contribution >= 0.6 is 28.3 Å². The fourth-order valence-electron chi connectivity index (χ4n) is 2.67. The summed E-state index contributed by atoms with van der Waals surface area (Å²) in [5.41, 5.74) is 9.01. The lowest BCUT2D eigenvalue weighted by atomic mass is 10.00. The van der Waals surface area contributed by atoms with Gasteiger partial charge >= 0.3 is 0 Å². The summed E-state index contributed by atoms with van der Waals surface area (Å²) >= 11 is 3.63. The van der Waals surface area contributed by atoms with Crippen LogP contribution in [0.3, 0.4) is 0 Å². The molecular formula is C16H17BrClN. The molecular weight excluding hydrogens is 322 g/mol. The first-order valence-electron chi connectivity index (χ1n) is 6.32. The zero-order chi connectivity index (χ0) is 12.5. The molecule has 0 saturated heterocycles. The van der Waals surface area contributed by atoms with E-state index in [2.05, 4.69) is 64.5 Å². The van der Waals surface area contributed by atoms with Gasteiger partial charge in [0.25, 0.3) is 0 Å². The summed E-state index contributed by atoms with van der Waals surface area (Å²) in [6.45, 7) is 0. The molecule has 3 rings (SSSR count). The molecule has 0 aromatic heterocycles. The normalized spacial score (nSPS) is 22.4. The maximum absolute atomic E-state index is 6.36. The molecule has 0 spiro atoms. The molecule has 100 valence electrons. The molecule has 3 atom stereocenters. The van der Waals surface area contributed by atoms with Gasteiger partial charge in [0, 0.05) is 10.5 Å². The quantitative estimate of drug-likeness (QED) is 0.864. The second-order valence-electron chi connectivity index (χ2n) is 4.96. The molecule has 2 aromatic carbocycles. The fraction of sp³-hybridized carbons (Fsp3) is 0.250. The van der Waals surface area contributed by atoms with Crippen molar-refractivity contribution in [2.45, 2.75) is 18.4 Å². The molecule has 0 heterocycles. The minimum atomic E-state index is 0. The van der Waals surface area contributed by atoms with Crippen LogP contribution in [0.15, 0.2) is 59.1 Å². The van der Waals surface area contributed by atoms with E-state index < -0.39 is 0 Å². The maximum Gasteiger partial charge on any atom is 0.0329 e. The van der Waals surface area contributed by atoms with E-state index in [9.17, 15) is 0 Å². The number of halogens is 2. The Morgan fingerprint density at radius 3 is 2.32 bits per heavy atom. The number of benzene rings is 2. The predicted molar refractivity (Wildman–Crippen MR) is 85.6 cm³/mol. The Labute approximate surface area is 128 Å². The summed E-state index contributed by atoms with van der Waals surface area (Å²) in [7, 11) is 0. The third kappa shape index (κ3) is 3.02. The summed E-state index contributed by atoms with van der Waals surface area (Å²) in [6.07, 6.45) is 1.19. The van der Waals surface area contributed by atoms with E-state index in [1.807, 2.05) is 6.07 Å². The number of rotatable bonds is 3. The largest absolute Gasteiger partial charge is 0.324 e. The van der Waals surface area contributed by atoms with Crippen LogP contribution < -0.4 is 5.73 Å². The van der Waals surface area contributed by atoms with Gasteiger partial charge in [0.2, 0.25) is 0 Å². The van der Waals surface area contributed by atoms with Crippen molar-refractivity contribution in [2.24, 2.45) is 11.7 Å². The minimum absolute atomic E-state index is 0. The molecule has 1 aliphatic carbocycles. The van der Waals surface area contributed by atoms with Gasteiger partial charge in [0.1, 0.15) is 0 Å². The first-order valence-corrected chi connectivity index (χ1v) is 7.11. The molecule has 3 unspecified atom stereocenters. The molecule has 2 N–H and O–H groups in total. The van der Waals surface area contributed by atoms with E-state index in [0.29, 0.717) is 11.8 Å². The second-order valence-corrected chi connectivity index (χ2v) is 5.82. The summed E-state index contributed by atoms with van der Waals surface area (Å²) in [5.74, 6) is 1.18. The molecule has 0 bridgehead atoms. The van der Waals surface area contributed by atoms with Crippen molar-refractivity contribution < 1.29 is 0 Å². The maximum atomic E-state index is 6.36. The zero-order valence-corrected chi connectivity index (χ0v) is 12.9. The Balaban J connectivity index is 0.00000133. The predicted octanol–water partition coefficient (Wildman–Crippen LogP) is 4.67. The Hall–Kier alpha value is -0.830. The smallest absolute Gasteiger partial charge is 0.0329 e. The van der Waals surface area contributed by atoms with Crippen LogP contribution in [0, 0.1) is 5.92 Å². The molecule has 1 fully saturated rings. The number of nitrogens with two attached hydrogens (primary N) is 1. The van der Waals surface area contributed by atoms with Gasteiger partial charge < -0.3 is 5.73 Å². The molecule has 0 radical (unpaired) electrons. The third-order valence-electron chi connectivity index (χ3n) is 3.79. The van der Waals surface area contributed by atoms with Gasteiger partial charge in [0.15, 0.2) is 0 Å². The summed E-state index contributed by atoms with van der Waals surface area (Å²) < 4.78 is 1.21. The minimum Gasteiger partial charge on any atom is -0.324 e. The number of hydrogen-bond acceptors (Lipinski definition) is 1. The van der Waals surface area contributed by atoms with Gasteiger partial charge in [-0.05, 0) is 35.4 Å². The molecule has 0 aliphatic heterocycles. The van der Waals surface area contributed by atoms with Crippen LogP contribution in [0.2, 0.25) is 0 Å². The summed E-state index contributed by atoms with van der Waals surface area (Å²) in [4.78, 5) is 0. The SMILES string of the molecule is Cl.NC(c1ccccc1)C1CC1c1ccccc1Br. The fourth-order valence-corrected chi connectivity index (χ4v) is 3.25. The lowest BCUT2D eigenvalue weighted by Crippen LogP contribution is -2.13. The first kappa shape index (κ1) is 14.6. The second kappa shape index (κ2) is 6.08. The van der Waals surface area contributed by atoms with Gasteiger partial charge in [-0.25, -0.2) is 0 Å². The van der Waals surface area contributed by atoms with Crippen LogP contribution in [-0.4, -0.2) is 0 Å². The average molecular weight is 339 g/mol. The van der Waals surface area contributed by atoms with Crippen molar-refractivity contribution >= 4 is 28.3 Å². The number of hydrogen-bond donors (Lipinski definition) is 1. The monoisotopic (exact) mass is 337 g/mol. The molecule has 1 nitrogen and oxygen atoms in total. The van der Waals surface area contributed by atoms with E-state index in [1.54, 1.807) is 0 Å². The molecule has 1 saturated carbocycles. The standard InChI is InChI=1S/C16H16BrN.ClH/c17-15-9-5-4-8-12(15)13-10-14(13)16(18)11-6-2-1-3-7-11;/h1-9,13-14,16H,10,18H2;1H. The van der Waals surface area contributed by atoms with Gasteiger partial charge in [-0.3, -0.25) is 0 Å². The Morgan fingerprint density at radius 1 is 1.00 bits per heavy atom. The van der Waals surface area contributed by atoms with Gasteiger partial charge in [-0.15, -0.1) is 12.4 Å². The van der Waals surface area contributed by atoms with Crippen molar-refractivity contribution in [3.63, 3.8) is 0 Å². The van der Waals surface area contributed by atoms with Crippen molar-refractivity contribution in [1.82, 2.24) is 0 Å². The van der Waals surface area contributed by atoms with Crippen LogP contribution in [0.1, 0.15) is 29.5 Å². The molecule has 19 heavy (non-hydrogen) atoms. The third-order valence-corrected chi connectivity index (χ3v) is 4.51. The van der Waals surface area contributed by atoms with Crippen molar-refractivity contribution in [2.75, 3.05) is 0 Å². The highest BCUT2D eigenvalue weighted by Gasteiger charge is 2.43. The zero-order valence-electron chi connectivity index (χ0n) is 10.5. The van der Waals surface area contributed by atoms with E-state index in [-0.39, 0.29) is 18.4 Å². The van der Waals surface area contributed by atoms with E-state index >= 15 is 0 Å². The molecule has 2 aromatic rings. The lowest BCUT2D eigenvalue weighted by molar-refractivity contribution is 0.615. The molecule has 0 amide bonds. The van der Waals surface area contributed by atoms with Gasteiger partial charge in [-0.1, -0.05) is 64.5 Å². The average Bonchev–Trinajstić information content (AvgIpc) is 3.20. The first-order chi connectivity index (χ1) is 8.77. The van der Waals surface area contributed by atoms with Gasteiger partial charge in [0.05, 0.1) is 0 Å². The van der Waals surface area contributed by atoms with Crippen molar-refractivity contribution in [3.05, 3.63) is 70.2 Å². The van der Waals surface area contributed by atoms with E-state index in [1.165, 1.54) is 22.0 Å². The van der Waals surface area contributed by atoms with Crippen molar-refractivity contribution in [3.8, 4) is 0 Å². The van der Waals surface area contributed by atoms with E-state index in [4.69, 9.17) is 5.73 Å². The topological polar surface area (TPSA) is 26.0 Å². The lowest BCUT2D eigenvalue weighted by Gasteiger charge is -2.12. The molecule has 3 heteroatoms. The Morgan fingerprint density at radius 2 is 1.63 bits per heavy atom. The molecule has 1 aliphatic rings. The van der Waals surface area contributed by atoms with Crippen LogP contribution in [0.25, 0.3) is 0 Å². The highest BCUT2D eigenvalue weighted by atomic mass is 79.9. The summed E-state index contributed by atoms with van der Waals surface area (Å²) in [5, 5.41) is 0. The van der Waals surface area contributed by atoms with Gasteiger partial charge in [-0.2, -0.15) is 0 Å². The van der Waals surface area contributed by atoms with Crippen molar-refractivity contribution in [1.29, 1.82) is 0 Å². The summed E-state index contributed by atoms with van der Waals surface area (Å²) in [6, 6.07) is 19.0. The van der Waals surface area contributed by atoms with Crippen LogP contribution in [0.4, 0.5) is 0 Å². The Kier molecular flexibility index (Phi) is 4.67. The highest BCUT2D eigenvalue weighted by Crippen LogP contribution is 2.54.